The third-order valence-electron chi connectivity index (χ3n) is 2.57. The maximum atomic E-state index is 12.1. The first-order chi connectivity index (χ1) is 9.63. The third kappa shape index (κ3) is 2.72. The highest BCUT2D eigenvalue weighted by molar-refractivity contribution is 6.07. The molecule has 0 unspecified atom stereocenters. The van der Waals surface area contributed by atoms with Crippen molar-refractivity contribution in [2.75, 3.05) is 12.4 Å². The van der Waals surface area contributed by atoms with E-state index in [0.717, 1.165) is 0 Å². The number of carbonyl (C=O) groups excluding carboxylic acids is 1. The van der Waals surface area contributed by atoms with Crippen molar-refractivity contribution in [3.05, 3.63) is 58.4 Å². The maximum absolute atomic E-state index is 12.1. The highest BCUT2D eigenvalue weighted by Crippen LogP contribution is 2.30. The predicted octanol–water partition coefficient (Wildman–Crippen LogP) is 2.25. The zero-order chi connectivity index (χ0) is 14.5. The second-order valence-corrected chi connectivity index (χ2v) is 3.81. The normalized spacial score (nSPS) is 9.85. The summed E-state index contributed by atoms with van der Waals surface area (Å²) >= 11 is 0. The molecule has 0 aliphatic carbocycles. The largest absolute Gasteiger partial charge is 0.490 e. The molecule has 0 bridgehead atoms. The number of hydrogen-bond acceptors (Lipinski definition) is 5. The Labute approximate surface area is 114 Å². The number of nitrogens with zero attached hydrogens (tertiary/aromatic N) is 2. The summed E-state index contributed by atoms with van der Waals surface area (Å²) in [7, 11) is 1.31. The monoisotopic (exact) mass is 273 g/mol. The number of anilines is 1. The highest BCUT2D eigenvalue weighted by Gasteiger charge is 2.25. The molecule has 1 aromatic heterocycles. The lowest BCUT2D eigenvalue weighted by Crippen LogP contribution is -2.14. The van der Waals surface area contributed by atoms with Gasteiger partial charge in [-0.25, -0.2) is 0 Å². The molecule has 2 rings (SSSR count). The van der Waals surface area contributed by atoms with E-state index in [9.17, 15) is 14.9 Å². The van der Waals surface area contributed by atoms with Gasteiger partial charge in [-0.1, -0.05) is 6.07 Å². The fourth-order valence-corrected chi connectivity index (χ4v) is 1.69. The number of amides is 1. The third-order valence-corrected chi connectivity index (χ3v) is 2.57. The van der Waals surface area contributed by atoms with Crippen molar-refractivity contribution in [1.29, 1.82) is 0 Å². The molecule has 0 saturated carbocycles. The molecule has 0 fully saturated rings. The summed E-state index contributed by atoms with van der Waals surface area (Å²) in [5.74, 6) is -0.558. The molecule has 0 atom stereocenters. The minimum absolute atomic E-state index is 0.0360. The Bertz CT molecular complexity index is 643. The van der Waals surface area contributed by atoms with Crippen LogP contribution in [0.4, 0.5) is 11.4 Å². The summed E-state index contributed by atoms with van der Waals surface area (Å²) < 4.78 is 4.91. The van der Waals surface area contributed by atoms with E-state index in [2.05, 4.69) is 10.3 Å². The molecule has 2 aromatic rings. The Morgan fingerprint density at radius 1 is 1.35 bits per heavy atom. The number of pyridine rings is 1. The second kappa shape index (κ2) is 5.79. The van der Waals surface area contributed by atoms with Gasteiger partial charge >= 0.3 is 5.69 Å². The second-order valence-electron chi connectivity index (χ2n) is 3.81. The first kappa shape index (κ1) is 13.5. The minimum atomic E-state index is -0.642. The van der Waals surface area contributed by atoms with Gasteiger partial charge in [-0.3, -0.25) is 19.9 Å². The first-order valence-corrected chi connectivity index (χ1v) is 5.66. The lowest BCUT2D eigenvalue weighted by atomic mass is 10.1. The first-order valence-electron chi connectivity index (χ1n) is 5.66. The van der Waals surface area contributed by atoms with E-state index in [-0.39, 0.29) is 17.0 Å². The van der Waals surface area contributed by atoms with Crippen LogP contribution in [-0.4, -0.2) is 22.9 Å². The Balaban J connectivity index is 2.37. The molecule has 1 N–H and O–H groups in total. The standard InChI is InChI=1S/C13H11N3O4/c1-20-11-6-2-5-10(12(11)16(18)19)13(17)15-9-4-3-7-14-8-9/h2-8H,1H3,(H,15,17). The molecular weight excluding hydrogens is 262 g/mol. The molecule has 0 aliphatic rings. The number of nitro benzene ring substituents is 1. The molecule has 20 heavy (non-hydrogen) atoms. The van der Waals surface area contributed by atoms with Crippen LogP contribution in [-0.2, 0) is 0 Å². The topological polar surface area (TPSA) is 94.4 Å². The van der Waals surface area contributed by atoms with Gasteiger partial charge in [0.15, 0.2) is 5.75 Å². The van der Waals surface area contributed by atoms with E-state index in [1.54, 1.807) is 18.3 Å². The summed E-state index contributed by atoms with van der Waals surface area (Å²) in [6.45, 7) is 0. The van der Waals surface area contributed by atoms with Gasteiger partial charge in [0.2, 0.25) is 0 Å². The van der Waals surface area contributed by atoms with Gasteiger partial charge in [-0.2, -0.15) is 0 Å². The van der Waals surface area contributed by atoms with Crippen LogP contribution in [0.15, 0.2) is 42.7 Å². The van der Waals surface area contributed by atoms with E-state index in [1.807, 2.05) is 0 Å². The van der Waals surface area contributed by atoms with E-state index >= 15 is 0 Å². The average molecular weight is 273 g/mol. The van der Waals surface area contributed by atoms with Crippen molar-refractivity contribution < 1.29 is 14.5 Å². The average Bonchev–Trinajstić information content (AvgIpc) is 2.47. The molecule has 0 saturated heterocycles. The van der Waals surface area contributed by atoms with Gasteiger partial charge in [-0.15, -0.1) is 0 Å². The lowest BCUT2D eigenvalue weighted by molar-refractivity contribution is -0.386. The van der Waals surface area contributed by atoms with Crippen molar-refractivity contribution in [2.45, 2.75) is 0 Å². The van der Waals surface area contributed by atoms with Gasteiger partial charge in [0.25, 0.3) is 5.91 Å². The molecule has 102 valence electrons. The van der Waals surface area contributed by atoms with Crippen molar-refractivity contribution in [1.82, 2.24) is 4.98 Å². The summed E-state index contributed by atoms with van der Waals surface area (Å²) in [6.07, 6.45) is 3.01. The van der Waals surface area contributed by atoms with Crippen LogP contribution in [0, 0.1) is 10.1 Å². The fraction of sp³-hybridized carbons (Fsp3) is 0.0769. The number of carbonyl (C=O) groups is 1. The van der Waals surface area contributed by atoms with Crippen LogP contribution >= 0.6 is 0 Å². The van der Waals surface area contributed by atoms with Gasteiger partial charge < -0.3 is 10.1 Å². The number of nitro groups is 1. The highest BCUT2D eigenvalue weighted by atomic mass is 16.6. The zero-order valence-corrected chi connectivity index (χ0v) is 10.6. The van der Waals surface area contributed by atoms with Crippen molar-refractivity contribution in [3.8, 4) is 5.75 Å². The Hall–Kier alpha value is -2.96. The van der Waals surface area contributed by atoms with Crippen LogP contribution in [0.2, 0.25) is 0 Å². The predicted molar refractivity (Wildman–Crippen MR) is 71.8 cm³/mol. The fourth-order valence-electron chi connectivity index (χ4n) is 1.69. The van der Waals surface area contributed by atoms with Gasteiger partial charge in [0, 0.05) is 6.20 Å². The number of para-hydroxylation sites is 1. The number of ether oxygens (including phenoxy) is 1. The summed E-state index contributed by atoms with van der Waals surface area (Å²) in [5, 5.41) is 13.6. The number of methoxy groups -OCH3 is 1. The van der Waals surface area contributed by atoms with Crippen LogP contribution in [0.1, 0.15) is 10.4 Å². The summed E-state index contributed by atoms with van der Waals surface area (Å²) in [6, 6.07) is 7.60. The quantitative estimate of drug-likeness (QED) is 0.681. The molecule has 7 nitrogen and oxygen atoms in total. The smallest absolute Gasteiger partial charge is 0.323 e. The lowest BCUT2D eigenvalue weighted by Gasteiger charge is -2.07. The van der Waals surface area contributed by atoms with E-state index < -0.39 is 10.8 Å². The Morgan fingerprint density at radius 2 is 2.15 bits per heavy atom. The van der Waals surface area contributed by atoms with Crippen molar-refractivity contribution >= 4 is 17.3 Å². The van der Waals surface area contributed by atoms with Crippen LogP contribution in [0.3, 0.4) is 0 Å². The maximum Gasteiger partial charge on any atom is 0.323 e. The molecule has 0 spiro atoms. The molecular formula is C13H11N3O4. The van der Waals surface area contributed by atoms with Gasteiger partial charge in [0.1, 0.15) is 5.56 Å². The van der Waals surface area contributed by atoms with Gasteiger partial charge in [0.05, 0.1) is 23.9 Å². The number of benzene rings is 1. The molecule has 0 aliphatic heterocycles. The number of rotatable bonds is 4. The number of nitrogens with one attached hydrogen (secondary N) is 1. The summed E-state index contributed by atoms with van der Waals surface area (Å²) in [4.78, 5) is 26.4. The summed E-state index contributed by atoms with van der Waals surface area (Å²) in [5.41, 5.74) is 0.0178. The van der Waals surface area contributed by atoms with Crippen molar-refractivity contribution in [2.24, 2.45) is 0 Å². The Kier molecular flexibility index (Phi) is 3.90. The number of aromatic nitrogens is 1. The minimum Gasteiger partial charge on any atom is -0.490 e. The molecule has 0 radical (unpaired) electrons. The molecule has 7 heteroatoms. The molecule has 1 amide bonds. The van der Waals surface area contributed by atoms with Gasteiger partial charge in [-0.05, 0) is 24.3 Å². The molecule has 1 heterocycles. The van der Waals surface area contributed by atoms with Crippen LogP contribution in [0.5, 0.6) is 5.75 Å². The van der Waals surface area contributed by atoms with Crippen LogP contribution in [0.25, 0.3) is 0 Å². The zero-order valence-electron chi connectivity index (χ0n) is 10.6. The molecule has 1 aromatic carbocycles. The number of hydrogen-bond donors (Lipinski definition) is 1. The van der Waals surface area contributed by atoms with E-state index in [0.29, 0.717) is 5.69 Å². The van der Waals surface area contributed by atoms with E-state index in [4.69, 9.17) is 4.74 Å². The van der Waals surface area contributed by atoms with Crippen molar-refractivity contribution in [3.63, 3.8) is 0 Å². The SMILES string of the molecule is COc1cccc(C(=O)Nc2cccnc2)c1[N+](=O)[O-]. The van der Waals surface area contributed by atoms with Crippen LogP contribution < -0.4 is 10.1 Å². The Morgan fingerprint density at radius 3 is 2.75 bits per heavy atom. The van der Waals surface area contributed by atoms with E-state index in [1.165, 1.54) is 31.5 Å².